The Balaban J connectivity index is 2.32. The lowest BCUT2D eigenvalue weighted by Crippen LogP contribution is -2.30. The summed E-state index contributed by atoms with van der Waals surface area (Å²) < 4.78 is 39.2. The van der Waals surface area contributed by atoms with Crippen LogP contribution in [-0.2, 0) is 6.18 Å². The van der Waals surface area contributed by atoms with Crippen LogP contribution < -0.4 is 5.32 Å². The van der Waals surface area contributed by atoms with Crippen LogP contribution in [0.15, 0.2) is 24.3 Å². The van der Waals surface area contributed by atoms with Gasteiger partial charge in [0.2, 0.25) is 0 Å². The van der Waals surface area contributed by atoms with Crippen LogP contribution in [0, 0.1) is 5.92 Å². The van der Waals surface area contributed by atoms with Crippen molar-refractivity contribution in [3.63, 3.8) is 0 Å². The van der Waals surface area contributed by atoms with Crippen LogP contribution in [0.4, 0.5) is 13.2 Å². The number of nitrogens with one attached hydrogen (secondary N) is 1. The normalized spacial score (nSPS) is 19.4. The van der Waals surface area contributed by atoms with Gasteiger partial charge in [-0.2, -0.15) is 24.9 Å². The lowest BCUT2D eigenvalue weighted by Gasteiger charge is -2.31. The van der Waals surface area contributed by atoms with Crippen LogP contribution in [0.25, 0.3) is 0 Å². The molecule has 1 aromatic rings. The monoisotopic (exact) mass is 289 g/mol. The minimum atomic E-state index is -4.28. The summed E-state index contributed by atoms with van der Waals surface area (Å²) in [5.41, 5.74) is -0.123. The Bertz CT molecular complexity index is 413. The first-order valence-corrected chi connectivity index (χ1v) is 7.60. The first-order chi connectivity index (χ1) is 9.04. The van der Waals surface area contributed by atoms with Crippen LogP contribution in [0.5, 0.6) is 0 Å². The quantitative estimate of drug-likeness (QED) is 0.898. The summed E-state index contributed by atoms with van der Waals surface area (Å²) in [6.07, 6.45) is -2.33. The molecule has 1 unspecified atom stereocenters. The van der Waals surface area contributed by atoms with Crippen molar-refractivity contribution in [3.8, 4) is 0 Å². The summed E-state index contributed by atoms with van der Waals surface area (Å²) in [6, 6.07) is 5.71. The number of alkyl halides is 3. The van der Waals surface area contributed by atoms with Crippen molar-refractivity contribution < 1.29 is 13.2 Å². The molecule has 0 spiro atoms. The minimum absolute atomic E-state index is 0.210. The Morgan fingerprint density at radius 1 is 1.21 bits per heavy atom. The second-order valence-corrected chi connectivity index (χ2v) is 6.03. The predicted octanol–water partition coefficient (Wildman–Crippen LogP) is 4.11. The number of hydrogen-bond acceptors (Lipinski definition) is 2. The van der Waals surface area contributed by atoms with E-state index in [-0.39, 0.29) is 12.0 Å². The van der Waals surface area contributed by atoms with Gasteiger partial charge in [0.1, 0.15) is 0 Å². The van der Waals surface area contributed by atoms with Crippen molar-refractivity contribution in [3.05, 3.63) is 35.4 Å². The third kappa shape index (κ3) is 3.45. The molecule has 0 bridgehead atoms. The number of hydrogen-bond donors (Lipinski definition) is 1. The van der Waals surface area contributed by atoms with Gasteiger partial charge in [-0.3, -0.25) is 0 Å². The summed E-state index contributed by atoms with van der Waals surface area (Å²) in [7, 11) is 1.75. The van der Waals surface area contributed by atoms with Gasteiger partial charge in [0.15, 0.2) is 0 Å². The molecule has 2 rings (SSSR count). The Kier molecular flexibility index (Phi) is 4.79. The highest BCUT2D eigenvalue weighted by Gasteiger charge is 2.36. The molecule has 1 aliphatic rings. The minimum Gasteiger partial charge on any atom is -0.313 e. The van der Waals surface area contributed by atoms with Crippen LogP contribution in [-0.4, -0.2) is 18.6 Å². The molecule has 1 aliphatic heterocycles. The highest BCUT2D eigenvalue weighted by Crippen LogP contribution is 2.39. The Labute approximate surface area is 116 Å². The number of thioether (sulfide) groups is 1. The predicted molar refractivity (Wildman–Crippen MR) is 73.3 cm³/mol. The zero-order valence-electron chi connectivity index (χ0n) is 10.8. The standard InChI is InChI=1S/C14H18F3NS/c1-18-13(10-6-8-19-9-7-10)11-4-2-3-5-12(11)14(15,16)17/h2-5,10,13,18H,6-9H2,1H3. The van der Waals surface area contributed by atoms with E-state index in [4.69, 9.17) is 0 Å². The topological polar surface area (TPSA) is 12.0 Å². The molecule has 1 fully saturated rings. The number of benzene rings is 1. The van der Waals surface area contributed by atoms with Crippen LogP contribution in [0.3, 0.4) is 0 Å². The molecule has 0 saturated carbocycles. The van der Waals surface area contributed by atoms with Crippen molar-refractivity contribution in [2.45, 2.75) is 25.1 Å². The molecule has 19 heavy (non-hydrogen) atoms. The molecule has 106 valence electrons. The van der Waals surface area contributed by atoms with E-state index >= 15 is 0 Å². The van der Waals surface area contributed by atoms with E-state index in [9.17, 15) is 13.2 Å². The molecule has 0 radical (unpaired) electrons. The summed E-state index contributed by atoms with van der Waals surface area (Å²) in [4.78, 5) is 0. The van der Waals surface area contributed by atoms with E-state index in [0.29, 0.717) is 5.56 Å². The van der Waals surface area contributed by atoms with Crippen molar-refractivity contribution in [1.29, 1.82) is 0 Å². The van der Waals surface area contributed by atoms with E-state index in [0.717, 1.165) is 24.3 Å². The van der Waals surface area contributed by atoms with Gasteiger partial charge >= 0.3 is 6.18 Å². The molecule has 1 aromatic carbocycles. The third-order valence-corrected chi connectivity index (χ3v) is 4.70. The van der Waals surface area contributed by atoms with Crippen molar-refractivity contribution in [2.75, 3.05) is 18.6 Å². The zero-order chi connectivity index (χ0) is 13.9. The van der Waals surface area contributed by atoms with Gasteiger partial charge in [0.05, 0.1) is 5.56 Å². The molecule has 1 N–H and O–H groups in total. The fourth-order valence-electron chi connectivity index (χ4n) is 2.72. The van der Waals surface area contributed by atoms with Gasteiger partial charge in [0.25, 0.3) is 0 Å². The smallest absolute Gasteiger partial charge is 0.313 e. The van der Waals surface area contributed by atoms with Crippen LogP contribution in [0.1, 0.15) is 30.0 Å². The Hall–Kier alpha value is -0.680. The maximum Gasteiger partial charge on any atom is 0.416 e. The van der Waals surface area contributed by atoms with Gasteiger partial charge in [-0.15, -0.1) is 0 Å². The summed E-state index contributed by atoms with van der Waals surface area (Å²) in [5.74, 6) is 2.36. The van der Waals surface area contributed by atoms with E-state index in [1.807, 2.05) is 11.8 Å². The third-order valence-electron chi connectivity index (χ3n) is 3.65. The van der Waals surface area contributed by atoms with Gasteiger partial charge in [-0.25, -0.2) is 0 Å². The second kappa shape index (κ2) is 6.18. The molecule has 1 atom stereocenters. The molecule has 1 heterocycles. The highest BCUT2D eigenvalue weighted by molar-refractivity contribution is 7.99. The van der Waals surface area contributed by atoms with E-state index in [1.165, 1.54) is 12.1 Å². The molecule has 1 saturated heterocycles. The fourth-order valence-corrected chi connectivity index (χ4v) is 3.86. The first-order valence-electron chi connectivity index (χ1n) is 6.45. The number of rotatable bonds is 3. The largest absolute Gasteiger partial charge is 0.416 e. The van der Waals surface area contributed by atoms with Crippen molar-refractivity contribution in [1.82, 2.24) is 5.32 Å². The lowest BCUT2D eigenvalue weighted by molar-refractivity contribution is -0.138. The Morgan fingerprint density at radius 2 is 1.84 bits per heavy atom. The van der Waals surface area contributed by atoms with E-state index < -0.39 is 11.7 Å². The van der Waals surface area contributed by atoms with Gasteiger partial charge < -0.3 is 5.32 Å². The van der Waals surface area contributed by atoms with Crippen molar-refractivity contribution >= 4 is 11.8 Å². The molecular formula is C14H18F3NS. The van der Waals surface area contributed by atoms with E-state index in [2.05, 4.69) is 5.32 Å². The fraction of sp³-hybridized carbons (Fsp3) is 0.571. The molecule has 1 nitrogen and oxygen atoms in total. The van der Waals surface area contributed by atoms with Crippen LogP contribution in [0.2, 0.25) is 0 Å². The maximum absolute atomic E-state index is 13.1. The first kappa shape index (κ1) is 14.7. The van der Waals surface area contributed by atoms with E-state index in [1.54, 1.807) is 19.2 Å². The molecule has 5 heteroatoms. The number of halogens is 3. The lowest BCUT2D eigenvalue weighted by atomic mass is 9.86. The Morgan fingerprint density at radius 3 is 2.42 bits per heavy atom. The second-order valence-electron chi connectivity index (χ2n) is 4.80. The SMILES string of the molecule is CNC(c1ccccc1C(F)(F)F)C1CCSCC1. The maximum atomic E-state index is 13.1. The zero-order valence-corrected chi connectivity index (χ0v) is 11.7. The van der Waals surface area contributed by atoms with Gasteiger partial charge in [-0.05, 0) is 48.9 Å². The summed E-state index contributed by atoms with van der Waals surface area (Å²) in [6.45, 7) is 0. The van der Waals surface area contributed by atoms with Gasteiger partial charge in [-0.1, -0.05) is 18.2 Å². The van der Waals surface area contributed by atoms with Crippen LogP contribution >= 0.6 is 11.8 Å². The van der Waals surface area contributed by atoms with Crippen molar-refractivity contribution in [2.24, 2.45) is 5.92 Å². The average Bonchev–Trinajstić information content (AvgIpc) is 2.40. The molecule has 0 aliphatic carbocycles. The van der Waals surface area contributed by atoms with Gasteiger partial charge in [0, 0.05) is 6.04 Å². The molecule has 0 amide bonds. The molecular weight excluding hydrogens is 271 g/mol. The summed E-state index contributed by atoms with van der Waals surface area (Å²) >= 11 is 1.88. The molecule has 0 aromatic heterocycles. The average molecular weight is 289 g/mol. The highest BCUT2D eigenvalue weighted by atomic mass is 32.2. The summed E-state index contributed by atoms with van der Waals surface area (Å²) in [5, 5.41) is 3.09.